The zero-order chi connectivity index (χ0) is 20.6. The molecule has 1 saturated heterocycles. The van der Waals surface area contributed by atoms with Crippen LogP contribution in [0, 0.1) is 5.82 Å². The Morgan fingerprint density at radius 2 is 1.72 bits per heavy atom. The Morgan fingerprint density at radius 3 is 2.45 bits per heavy atom. The van der Waals surface area contributed by atoms with Gasteiger partial charge in [-0.15, -0.1) is 0 Å². The molecule has 1 fully saturated rings. The minimum absolute atomic E-state index is 0.0615. The largest absolute Gasteiger partial charge is 0.481 e. The average Bonchev–Trinajstić information content (AvgIpc) is 2.74. The lowest BCUT2D eigenvalue weighted by Gasteiger charge is -2.34. The van der Waals surface area contributed by atoms with Gasteiger partial charge in [0, 0.05) is 31.9 Å². The molecule has 0 aliphatic carbocycles. The molecule has 1 aliphatic rings. The second-order valence-electron chi connectivity index (χ2n) is 6.93. The second-order valence-corrected chi connectivity index (χ2v) is 6.93. The average molecular weight is 399 g/mol. The molecule has 1 N–H and O–H groups in total. The number of carbonyl (C=O) groups excluding carboxylic acids is 2. The zero-order valence-electron chi connectivity index (χ0n) is 16.6. The third-order valence-electron chi connectivity index (χ3n) is 4.95. The van der Waals surface area contributed by atoms with Crippen LogP contribution in [-0.2, 0) is 16.0 Å². The zero-order valence-corrected chi connectivity index (χ0v) is 16.6. The minimum Gasteiger partial charge on any atom is -0.481 e. The smallest absolute Gasteiger partial charge is 0.260 e. The fourth-order valence-electron chi connectivity index (χ4n) is 3.29. The van der Waals surface area contributed by atoms with Crippen molar-refractivity contribution in [2.45, 2.75) is 13.3 Å². The van der Waals surface area contributed by atoms with E-state index in [4.69, 9.17) is 4.74 Å². The van der Waals surface area contributed by atoms with E-state index in [9.17, 15) is 14.0 Å². The summed E-state index contributed by atoms with van der Waals surface area (Å²) in [6.45, 7) is 4.37. The van der Waals surface area contributed by atoms with Crippen molar-refractivity contribution in [2.75, 3.05) is 44.6 Å². The van der Waals surface area contributed by atoms with E-state index in [-0.39, 0.29) is 30.7 Å². The van der Waals surface area contributed by atoms with E-state index in [1.807, 2.05) is 29.2 Å². The highest BCUT2D eigenvalue weighted by Crippen LogP contribution is 2.16. The summed E-state index contributed by atoms with van der Waals surface area (Å²) in [7, 11) is 0. The number of para-hydroxylation sites is 2. The van der Waals surface area contributed by atoms with Crippen molar-refractivity contribution in [3.8, 4) is 5.75 Å². The summed E-state index contributed by atoms with van der Waals surface area (Å²) < 4.78 is 18.9. The maximum absolute atomic E-state index is 13.6. The van der Waals surface area contributed by atoms with E-state index < -0.39 is 5.82 Å². The molecular weight excluding hydrogens is 373 g/mol. The van der Waals surface area contributed by atoms with Gasteiger partial charge in [0.15, 0.2) is 18.2 Å². The number of piperazine rings is 1. The number of rotatable bonds is 7. The quantitative estimate of drug-likeness (QED) is 0.777. The summed E-state index contributed by atoms with van der Waals surface area (Å²) in [5.41, 5.74) is 1.95. The van der Waals surface area contributed by atoms with Crippen molar-refractivity contribution in [2.24, 2.45) is 0 Å². The van der Waals surface area contributed by atoms with Crippen molar-refractivity contribution in [1.29, 1.82) is 0 Å². The van der Waals surface area contributed by atoms with Crippen LogP contribution in [0.4, 0.5) is 10.1 Å². The van der Waals surface area contributed by atoms with E-state index in [0.29, 0.717) is 26.2 Å². The fraction of sp³-hybridized carbons (Fsp3) is 0.364. The molecule has 0 unspecified atom stereocenters. The van der Waals surface area contributed by atoms with Crippen LogP contribution in [0.5, 0.6) is 5.75 Å². The number of nitrogens with one attached hydrogen (secondary N) is 1. The van der Waals surface area contributed by atoms with E-state index in [2.05, 4.69) is 12.2 Å². The molecular formula is C22H26FN3O3. The van der Waals surface area contributed by atoms with Crippen LogP contribution in [-0.4, -0.2) is 60.9 Å². The number of aryl methyl sites for hydroxylation is 1. The van der Waals surface area contributed by atoms with Gasteiger partial charge in [-0.2, -0.15) is 0 Å². The van der Waals surface area contributed by atoms with E-state index in [1.54, 1.807) is 17.0 Å². The third kappa shape index (κ3) is 5.77. The third-order valence-corrected chi connectivity index (χ3v) is 4.95. The van der Waals surface area contributed by atoms with Crippen molar-refractivity contribution in [3.05, 3.63) is 59.9 Å². The van der Waals surface area contributed by atoms with Gasteiger partial charge in [0.1, 0.15) is 0 Å². The molecule has 154 valence electrons. The first-order valence-corrected chi connectivity index (χ1v) is 9.82. The van der Waals surface area contributed by atoms with E-state index in [0.717, 1.165) is 17.7 Å². The predicted molar refractivity (Wildman–Crippen MR) is 109 cm³/mol. The molecule has 2 aromatic carbocycles. The lowest BCUT2D eigenvalue weighted by atomic mass is 10.1. The van der Waals surface area contributed by atoms with Gasteiger partial charge in [-0.25, -0.2) is 4.39 Å². The summed E-state index contributed by atoms with van der Waals surface area (Å²) in [4.78, 5) is 28.4. The van der Waals surface area contributed by atoms with Crippen molar-refractivity contribution in [3.63, 3.8) is 0 Å². The Bertz CT molecular complexity index is 851. The van der Waals surface area contributed by atoms with Gasteiger partial charge in [0.2, 0.25) is 5.91 Å². The summed E-state index contributed by atoms with van der Waals surface area (Å²) in [6, 6.07) is 13.8. The van der Waals surface area contributed by atoms with Crippen LogP contribution in [0.25, 0.3) is 0 Å². The SMILES string of the molecule is CCc1ccccc1NC(=O)CN1CCN(C(=O)COc2ccccc2F)CC1. The maximum Gasteiger partial charge on any atom is 0.260 e. The lowest BCUT2D eigenvalue weighted by Crippen LogP contribution is -2.51. The Labute approximate surface area is 170 Å². The van der Waals surface area contributed by atoms with Gasteiger partial charge < -0.3 is 15.0 Å². The van der Waals surface area contributed by atoms with Crippen molar-refractivity contribution >= 4 is 17.5 Å². The number of ether oxygens (including phenoxy) is 1. The molecule has 6 nitrogen and oxygen atoms in total. The number of hydrogen-bond acceptors (Lipinski definition) is 4. The first-order chi connectivity index (χ1) is 14.1. The molecule has 0 bridgehead atoms. The van der Waals surface area contributed by atoms with Crippen LogP contribution < -0.4 is 10.1 Å². The minimum atomic E-state index is -0.485. The first-order valence-electron chi connectivity index (χ1n) is 9.82. The normalized spacial score (nSPS) is 14.5. The Morgan fingerprint density at radius 1 is 1.03 bits per heavy atom. The first kappa shape index (κ1) is 20.8. The molecule has 2 aromatic rings. The number of carbonyl (C=O) groups is 2. The van der Waals surface area contributed by atoms with Crippen LogP contribution in [0.2, 0.25) is 0 Å². The molecule has 7 heteroatoms. The highest BCUT2D eigenvalue weighted by Gasteiger charge is 2.23. The number of halogens is 1. The molecule has 29 heavy (non-hydrogen) atoms. The van der Waals surface area contributed by atoms with Gasteiger partial charge >= 0.3 is 0 Å². The molecule has 0 saturated carbocycles. The summed E-state index contributed by atoms with van der Waals surface area (Å²) in [5.74, 6) is -0.660. The highest BCUT2D eigenvalue weighted by atomic mass is 19.1. The molecule has 3 rings (SSSR count). The fourth-order valence-corrected chi connectivity index (χ4v) is 3.29. The maximum atomic E-state index is 13.6. The van der Waals surface area contributed by atoms with Crippen LogP contribution in [0.15, 0.2) is 48.5 Å². The van der Waals surface area contributed by atoms with Gasteiger partial charge in [0.05, 0.1) is 6.54 Å². The molecule has 1 heterocycles. The Kier molecular flexibility index (Phi) is 7.19. The van der Waals surface area contributed by atoms with E-state index in [1.165, 1.54) is 12.1 Å². The number of nitrogens with zero attached hydrogens (tertiary/aromatic N) is 2. The molecule has 2 amide bonds. The molecule has 0 atom stereocenters. The topological polar surface area (TPSA) is 61.9 Å². The van der Waals surface area contributed by atoms with E-state index >= 15 is 0 Å². The van der Waals surface area contributed by atoms with Gasteiger partial charge in [-0.1, -0.05) is 37.3 Å². The number of benzene rings is 2. The molecule has 0 spiro atoms. The molecule has 0 radical (unpaired) electrons. The number of hydrogen-bond donors (Lipinski definition) is 1. The lowest BCUT2D eigenvalue weighted by molar-refractivity contribution is -0.135. The van der Waals surface area contributed by atoms with Crippen LogP contribution in [0.3, 0.4) is 0 Å². The van der Waals surface area contributed by atoms with Crippen LogP contribution in [0.1, 0.15) is 12.5 Å². The summed E-state index contributed by atoms with van der Waals surface area (Å²) >= 11 is 0. The highest BCUT2D eigenvalue weighted by molar-refractivity contribution is 5.93. The predicted octanol–water partition coefficient (Wildman–Crippen LogP) is 2.55. The summed E-state index contributed by atoms with van der Waals surface area (Å²) in [5, 5.41) is 2.97. The Hall–Kier alpha value is -2.93. The van der Waals surface area contributed by atoms with Crippen molar-refractivity contribution < 1.29 is 18.7 Å². The standard InChI is InChI=1S/C22H26FN3O3/c1-2-17-7-3-5-9-19(17)24-21(27)15-25-11-13-26(14-12-25)22(28)16-29-20-10-6-4-8-18(20)23/h3-10H,2,11-16H2,1H3,(H,24,27). The number of anilines is 1. The molecule has 0 aromatic heterocycles. The van der Waals surface area contributed by atoms with Gasteiger partial charge in [-0.05, 0) is 30.2 Å². The van der Waals surface area contributed by atoms with Crippen molar-refractivity contribution in [1.82, 2.24) is 9.80 Å². The second kappa shape index (κ2) is 10.0. The van der Waals surface area contributed by atoms with Crippen LogP contribution >= 0.6 is 0 Å². The van der Waals surface area contributed by atoms with Gasteiger partial charge in [-0.3, -0.25) is 14.5 Å². The summed E-state index contributed by atoms with van der Waals surface area (Å²) in [6.07, 6.45) is 0.853. The number of amides is 2. The molecule has 1 aliphatic heterocycles. The monoisotopic (exact) mass is 399 g/mol. The van der Waals surface area contributed by atoms with Gasteiger partial charge in [0.25, 0.3) is 5.91 Å². The Balaban J connectivity index is 1.42.